The number of allylic oxidation sites excluding steroid dienone is 4. The van der Waals surface area contributed by atoms with Crippen molar-refractivity contribution in [1.29, 1.82) is 0 Å². The Balaban J connectivity index is 2.88. The molecule has 0 aromatic heterocycles. The molecule has 0 bridgehead atoms. The molecule has 0 aromatic rings. The number of aliphatic imine (C=N–C) groups is 1. The van der Waals surface area contributed by atoms with Gasteiger partial charge in [0.2, 0.25) is 0 Å². The fourth-order valence-electron chi connectivity index (χ4n) is 1.10. The molecule has 0 saturated carbocycles. The van der Waals surface area contributed by atoms with Crippen molar-refractivity contribution in [1.82, 2.24) is 0 Å². The van der Waals surface area contributed by atoms with Crippen LogP contribution in [-0.2, 0) is 0 Å². The molecule has 1 nitrogen and oxygen atoms in total. The van der Waals surface area contributed by atoms with E-state index in [1.165, 1.54) is 6.21 Å². The quantitative estimate of drug-likeness (QED) is 0.594. The Kier molecular flexibility index (Phi) is 2.96. The largest absolute Gasteiger partial charge is 0.271 e. The second-order valence-electron chi connectivity index (χ2n) is 3.23. The van der Waals surface area contributed by atoms with Gasteiger partial charge >= 0.3 is 0 Å². The van der Waals surface area contributed by atoms with Gasteiger partial charge in [0.15, 0.2) is 0 Å². The van der Waals surface area contributed by atoms with Crippen LogP contribution in [0.5, 0.6) is 0 Å². The van der Waals surface area contributed by atoms with Crippen LogP contribution in [0, 0.1) is 0 Å². The maximum Gasteiger partial charge on any atom is 0.271 e. The first-order valence-corrected chi connectivity index (χ1v) is 4.29. The predicted octanol–water partition coefficient (Wildman–Crippen LogP) is 3.34. The van der Waals surface area contributed by atoms with Gasteiger partial charge in [-0.25, -0.2) is 8.78 Å². The molecule has 0 fully saturated rings. The number of alkyl halides is 2. The number of hydrogen-bond acceptors (Lipinski definition) is 1. The van der Waals surface area contributed by atoms with Crippen LogP contribution in [0.4, 0.5) is 8.78 Å². The van der Waals surface area contributed by atoms with Gasteiger partial charge in [-0.05, 0) is 19.8 Å². The standard InChI is InChI=1S/C10H13F2N/c1-8-5-3-4-6-9(7-13-8)10(2,11)12/h5-7H,3-4H2,1-2H3/b8-5-,9-6+,13-7+. The molecule has 0 amide bonds. The third-order valence-electron chi connectivity index (χ3n) is 1.88. The fourth-order valence-corrected chi connectivity index (χ4v) is 1.10. The molecule has 3 heteroatoms. The van der Waals surface area contributed by atoms with Crippen LogP contribution in [-0.4, -0.2) is 12.1 Å². The first kappa shape index (κ1) is 10.1. The third kappa shape index (κ3) is 3.09. The molecular formula is C10H13F2N. The molecule has 0 N–H and O–H groups in total. The number of halogens is 2. The van der Waals surface area contributed by atoms with Gasteiger partial charge in [0, 0.05) is 24.4 Å². The minimum atomic E-state index is -2.78. The summed E-state index contributed by atoms with van der Waals surface area (Å²) in [5.74, 6) is -2.78. The summed E-state index contributed by atoms with van der Waals surface area (Å²) in [5, 5.41) is 0. The van der Waals surface area contributed by atoms with E-state index in [4.69, 9.17) is 0 Å². The topological polar surface area (TPSA) is 12.4 Å². The van der Waals surface area contributed by atoms with Crippen molar-refractivity contribution in [2.75, 3.05) is 0 Å². The van der Waals surface area contributed by atoms with Crippen LogP contribution < -0.4 is 0 Å². The van der Waals surface area contributed by atoms with E-state index >= 15 is 0 Å². The van der Waals surface area contributed by atoms with Crippen LogP contribution in [0.15, 0.2) is 28.4 Å². The van der Waals surface area contributed by atoms with Gasteiger partial charge in [0.05, 0.1) is 0 Å². The monoisotopic (exact) mass is 185 g/mol. The summed E-state index contributed by atoms with van der Waals surface area (Å²) in [5.41, 5.74) is 0.815. The fraction of sp³-hybridized carbons (Fsp3) is 0.500. The van der Waals surface area contributed by atoms with Gasteiger partial charge in [0.1, 0.15) is 0 Å². The van der Waals surface area contributed by atoms with Gasteiger partial charge in [-0.2, -0.15) is 0 Å². The minimum Gasteiger partial charge on any atom is -0.261 e. The van der Waals surface area contributed by atoms with Gasteiger partial charge in [-0.1, -0.05) is 12.2 Å². The summed E-state index contributed by atoms with van der Waals surface area (Å²) in [6, 6.07) is 0. The van der Waals surface area contributed by atoms with Crippen LogP contribution in [0.1, 0.15) is 26.7 Å². The summed E-state index contributed by atoms with van der Waals surface area (Å²) in [4.78, 5) is 3.92. The van der Waals surface area contributed by atoms with E-state index in [9.17, 15) is 8.78 Å². The lowest BCUT2D eigenvalue weighted by Crippen LogP contribution is -2.15. The van der Waals surface area contributed by atoms with E-state index in [1.54, 1.807) is 6.08 Å². The van der Waals surface area contributed by atoms with Crippen molar-refractivity contribution in [3.63, 3.8) is 0 Å². The molecule has 72 valence electrons. The summed E-state index contributed by atoms with van der Waals surface area (Å²) >= 11 is 0. The van der Waals surface area contributed by atoms with Gasteiger partial charge in [0.25, 0.3) is 5.92 Å². The minimum absolute atomic E-state index is 0.0138. The van der Waals surface area contributed by atoms with E-state index in [0.717, 1.165) is 19.0 Å². The molecule has 0 spiro atoms. The smallest absolute Gasteiger partial charge is 0.261 e. The summed E-state index contributed by atoms with van der Waals surface area (Å²) in [7, 11) is 0. The summed E-state index contributed by atoms with van der Waals surface area (Å²) < 4.78 is 25.7. The number of hydrogen-bond donors (Lipinski definition) is 0. The lowest BCUT2D eigenvalue weighted by Gasteiger charge is -2.12. The highest BCUT2D eigenvalue weighted by molar-refractivity contribution is 5.81. The SMILES string of the molecule is CC1=C\CC\C=C(C(C)(F)F)/C=N/1. The van der Waals surface area contributed by atoms with E-state index in [1.807, 2.05) is 13.0 Å². The highest BCUT2D eigenvalue weighted by Gasteiger charge is 2.25. The molecular weight excluding hydrogens is 172 g/mol. The van der Waals surface area contributed by atoms with Crippen molar-refractivity contribution in [2.45, 2.75) is 32.6 Å². The van der Waals surface area contributed by atoms with Crippen molar-refractivity contribution in [2.24, 2.45) is 4.99 Å². The number of nitrogens with zero attached hydrogens (tertiary/aromatic N) is 1. The molecule has 0 unspecified atom stereocenters. The maximum absolute atomic E-state index is 12.9. The Labute approximate surface area is 76.9 Å². The van der Waals surface area contributed by atoms with Crippen molar-refractivity contribution in [3.05, 3.63) is 23.4 Å². The van der Waals surface area contributed by atoms with Gasteiger partial charge in [-0.15, -0.1) is 0 Å². The first-order chi connectivity index (χ1) is 6.00. The normalized spacial score (nSPS) is 29.2. The van der Waals surface area contributed by atoms with Crippen molar-refractivity contribution < 1.29 is 8.78 Å². The molecule has 0 saturated heterocycles. The molecule has 0 atom stereocenters. The molecule has 1 aliphatic rings. The highest BCUT2D eigenvalue weighted by Crippen LogP contribution is 2.23. The Hall–Kier alpha value is -0.990. The third-order valence-corrected chi connectivity index (χ3v) is 1.88. The average Bonchev–Trinajstić information content (AvgIpc) is 1.94. The van der Waals surface area contributed by atoms with E-state index in [-0.39, 0.29) is 5.57 Å². The van der Waals surface area contributed by atoms with Crippen LogP contribution in [0.2, 0.25) is 0 Å². The van der Waals surface area contributed by atoms with Crippen LogP contribution in [0.3, 0.4) is 0 Å². The molecule has 1 aliphatic heterocycles. The van der Waals surface area contributed by atoms with Crippen LogP contribution >= 0.6 is 0 Å². The molecule has 1 heterocycles. The van der Waals surface area contributed by atoms with Gasteiger partial charge < -0.3 is 0 Å². The Morgan fingerprint density at radius 3 is 2.54 bits per heavy atom. The average molecular weight is 185 g/mol. The summed E-state index contributed by atoms with van der Waals surface area (Å²) in [6.07, 6.45) is 6.18. The zero-order chi connectivity index (χ0) is 9.90. The second-order valence-corrected chi connectivity index (χ2v) is 3.23. The molecule has 13 heavy (non-hydrogen) atoms. The Morgan fingerprint density at radius 1 is 1.31 bits per heavy atom. The maximum atomic E-state index is 12.9. The van der Waals surface area contributed by atoms with Crippen LogP contribution in [0.25, 0.3) is 0 Å². The molecule has 0 radical (unpaired) electrons. The van der Waals surface area contributed by atoms with E-state index in [0.29, 0.717) is 6.42 Å². The Morgan fingerprint density at radius 2 is 1.92 bits per heavy atom. The molecule has 0 aliphatic carbocycles. The Bertz CT molecular complexity index is 269. The van der Waals surface area contributed by atoms with E-state index in [2.05, 4.69) is 4.99 Å². The number of rotatable bonds is 1. The first-order valence-electron chi connectivity index (χ1n) is 4.29. The molecule has 0 aromatic carbocycles. The van der Waals surface area contributed by atoms with Gasteiger partial charge in [-0.3, -0.25) is 4.99 Å². The predicted molar refractivity (Wildman–Crippen MR) is 50.2 cm³/mol. The highest BCUT2D eigenvalue weighted by atomic mass is 19.3. The lowest BCUT2D eigenvalue weighted by molar-refractivity contribution is 0.0703. The zero-order valence-corrected chi connectivity index (χ0v) is 7.85. The van der Waals surface area contributed by atoms with Crippen molar-refractivity contribution >= 4 is 6.21 Å². The second kappa shape index (κ2) is 3.81. The van der Waals surface area contributed by atoms with E-state index < -0.39 is 5.92 Å². The zero-order valence-electron chi connectivity index (χ0n) is 7.85. The molecule has 1 rings (SSSR count). The van der Waals surface area contributed by atoms with Crippen molar-refractivity contribution in [3.8, 4) is 0 Å². The lowest BCUT2D eigenvalue weighted by atomic mass is 10.1. The summed E-state index contributed by atoms with van der Waals surface area (Å²) in [6.45, 7) is 2.71.